The molecule has 1 aromatic carbocycles. The lowest BCUT2D eigenvalue weighted by Crippen LogP contribution is -2.54. The first-order chi connectivity index (χ1) is 10.5. The average Bonchev–Trinajstić information content (AvgIpc) is 2.49. The van der Waals surface area contributed by atoms with Crippen LogP contribution in [-0.4, -0.2) is 36.3 Å². The van der Waals surface area contributed by atoms with Gasteiger partial charge in [-0.05, 0) is 38.8 Å². The fraction of sp³-hybridized carbons (Fsp3) is 0.500. The van der Waals surface area contributed by atoms with Crippen LogP contribution in [0.15, 0.2) is 29.2 Å². The van der Waals surface area contributed by atoms with Crippen molar-refractivity contribution in [2.75, 3.05) is 12.3 Å². The highest BCUT2D eigenvalue weighted by Crippen LogP contribution is 2.19. The highest BCUT2D eigenvalue weighted by Gasteiger charge is 2.23. The first-order valence-corrected chi connectivity index (χ1v) is 8.57. The van der Waals surface area contributed by atoms with E-state index in [0.29, 0.717) is 13.0 Å². The number of rotatable bonds is 5. The number of aryl methyl sites for hydroxylation is 1. The maximum Gasteiger partial charge on any atom is 0.315 e. The minimum atomic E-state index is -0.411. The first-order valence-electron chi connectivity index (χ1n) is 7.59. The number of benzene rings is 1. The Kier molecular flexibility index (Phi) is 6.12. The van der Waals surface area contributed by atoms with Gasteiger partial charge in [0.25, 0.3) is 0 Å². The lowest BCUT2D eigenvalue weighted by atomic mass is 10.1. The molecular weight excluding hydrogens is 298 g/mol. The predicted octanol–water partition coefficient (Wildman–Crippen LogP) is 2.05. The van der Waals surface area contributed by atoms with E-state index in [1.165, 1.54) is 10.5 Å². The van der Waals surface area contributed by atoms with Crippen molar-refractivity contribution >= 4 is 23.7 Å². The third-order valence-electron chi connectivity index (χ3n) is 3.49. The molecule has 0 aliphatic carbocycles. The van der Waals surface area contributed by atoms with E-state index >= 15 is 0 Å². The molecule has 0 saturated carbocycles. The van der Waals surface area contributed by atoms with Gasteiger partial charge in [0.1, 0.15) is 6.04 Å². The molecule has 1 aliphatic heterocycles. The summed E-state index contributed by atoms with van der Waals surface area (Å²) in [5.74, 6) is 0.691. The maximum absolute atomic E-state index is 11.9. The fourth-order valence-corrected chi connectivity index (χ4v) is 3.09. The van der Waals surface area contributed by atoms with Crippen molar-refractivity contribution in [3.8, 4) is 0 Å². The molecule has 0 aromatic heterocycles. The zero-order chi connectivity index (χ0) is 15.9. The molecule has 3 amide bonds. The molecule has 1 aliphatic rings. The van der Waals surface area contributed by atoms with E-state index in [0.717, 1.165) is 12.2 Å². The zero-order valence-electron chi connectivity index (χ0n) is 13.0. The highest BCUT2D eigenvalue weighted by molar-refractivity contribution is 7.99. The summed E-state index contributed by atoms with van der Waals surface area (Å²) in [7, 11) is 0. The molecule has 120 valence electrons. The zero-order valence-corrected chi connectivity index (χ0v) is 13.8. The normalized spacial score (nSPS) is 19.2. The topological polar surface area (TPSA) is 70.2 Å². The number of thioether (sulfide) groups is 1. The van der Waals surface area contributed by atoms with E-state index in [1.807, 2.05) is 6.92 Å². The summed E-state index contributed by atoms with van der Waals surface area (Å²) in [5, 5.41) is 8.37. The van der Waals surface area contributed by atoms with Gasteiger partial charge in [-0.25, -0.2) is 4.79 Å². The summed E-state index contributed by atoms with van der Waals surface area (Å²) in [6.45, 7) is 4.72. The van der Waals surface area contributed by atoms with Crippen LogP contribution >= 0.6 is 11.8 Å². The molecule has 2 atom stereocenters. The second kappa shape index (κ2) is 8.08. The van der Waals surface area contributed by atoms with Gasteiger partial charge >= 0.3 is 6.03 Å². The van der Waals surface area contributed by atoms with Crippen molar-refractivity contribution in [3.63, 3.8) is 0 Å². The van der Waals surface area contributed by atoms with Crippen molar-refractivity contribution in [1.82, 2.24) is 16.0 Å². The van der Waals surface area contributed by atoms with Crippen LogP contribution in [0.1, 0.15) is 25.3 Å². The SMILES string of the molecule is Cc1ccc(SC[C@H](C)NC(=O)N[C@H]2CCCNC2=O)cc1. The molecule has 0 unspecified atom stereocenters. The molecule has 5 nitrogen and oxygen atoms in total. The molecule has 1 saturated heterocycles. The number of carbonyl (C=O) groups is 2. The summed E-state index contributed by atoms with van der Waals surface area (Å²) < 4.78 is 0. The van der Waals surface area contributed by atoms with Crippen molar-refractivity contribution < 1.29 is 9.59 Å². The van der Waals surface area contributed by atoms with Gasteiger partial charge in [-0.15, -0.1) is 11.8 Å². The van der Waals surface area contributed by atoms with Crippen molar-refractivity contribution in [3.05, 3.63) is 29.8 Å². The summed E-state index contributed by atoms with van der Waals surface area (Å²) in [4.78, 5) is 24.7. The molecule has 2 rings (SSSR count). The van der Waals surface area contributed by atoms with E-state index in [9.17, 15) is 9.59 Å². The van der Waals surface area contributed by atoms with Crippen molar-refractivity contribution in [2.24, 2.45) is 0 Å². The molecule has 0 bridgehead atoms. The van der Waals surface area contributed by atoms with Gasteiger partial charge in [0.15, 0.2) is 0 Å². The Balaban J connectivity index is 1.71. The molecule has 1 heterocycles. The summed E-state index contributed by atoms with van der Waals surface area (Å²) in [6.07, 6.45) is 1.60. The lowest BCUT2D eigenvalue weighted by Gasteiger charge is -2.24. The molecule has 1 aromatic rings. The average molecular weight is 321 g/mol. The smallest absolute Gasteiger partial charge is 0.315 e. The third kappa shape index (κ3) is 5.26. The number of amides is 3. The minimum absolute atomic E-state index is 0.0259. The minimum Gasteiger partial charge on any atom is -0.354 e. The second-order valence-corrected chi connectivity index (χ2v) is 6.72. The number of hydrogen-bond donors (Lipinski definition) is 3. The Morgan fingerprint density at radius 2 is 2.14 bits per heavy atom. The van der Waals surface area contributed by atoms with Crippen LogP contribution in [0.3, 0.4) is 0 Å². The molecule has 1 fully saturated rings. The summed E-state index contributed by atoms with van der Waals surface area (Å²) in [6, 6.07) is 7.66. The molecule has 0 spiro atoms. The van der Waals surface area contributed by atoms with Crippen LogP contribution < -0.4 is 16.0 Å². The van der Waals surface area contributed by atoms with Crippen LogP contribution in [0.2, 0.25) is 0 Å². The van der Waals surface area contributed by atoms with Crippen LogP contribution in [0, 0.1) is 6.92 Å². The van der Waals surface area contributed by atoms with Gasteiger partial charge in [-0.2, -0.15) is 0 Å². The van der Waals surface area contributed by atoms with Crippen LogP contribution in [0.4, 0.5) is 4.79 Å². The van der Waals surface area contributed by atoms with Crippen molar-refractivity contribution in [1.29, 1.82) is 0 Å². The number of hydrogen-bond acceptors (Lipinski definition) is 3. The van der Waals surface area contributed by atoms with Crippen LogP contribution in [0.5, 0.6) is 0 Å². The fourth-order valence-electron chi connectivity index (χ4n) is 2.23. The first kappa shape index (κ1) is 16.7. The summed E-state index contributed by atoms with van der Waals surface area (Å²) >= 11 is 1.70. The standard InChI is InChI=1S/C16H23N3O2S/c1-11-5-7-13(8-6-11)22-10-12(2)18-16(21)19-14-4-3-9-17-15(14)20/h5-8,12,14H,3-4,9-10H2,1-2H3,(H,17,20)(H2,18,19,21)/t12-,14-/m0/s1. The van der Waals surface area contributed by atoms with E-state index in [-0.39, 0.29) is 18.0 Å². The largest absolute Gasteiger partial charge is 0.354 e. The Hall–Kier alpha value is -1.69. The second-order valence-electron chi connectivity index (χ2n) is 5.63. The van der Waals surface area contributed by atoms with E-state index in [2.05, 4.69) is 47.1 Å². The van der Waals surface area contributed by atoms with Gasteiger partial charge in [0.2, 0.25) is 5.91 Å². The van der Waals surface area contributed by atoms with E-state index < -0.39 is 6.04 Å². The van der Waals surface area contributed by atoms with E-state index in [4.69, 9.17) is 0 Å². The van der Waals surface area contributed by atoms with Crippen LogP contribution in [0.25, 0.3) is 0 Å². The van der Waals surface area contributed by atoms with Gasteiger partial charge in [0, 0.05) is 23.2 Å². The Bertz CT molecular complexity index is 519. The lowest BCUT2D eigenvalue weighted by molar-refractivity contribution is -0.124. The van der Waals surface area contributed by atoms with E-state index in [1.54, 1.807) is 11.8 Å². The number of carbonyl (C=O) groups excluding carboxylic acids is 2. The Labute approximate surface area is 135 Å². The number of nitrogens with one attached hydrogen (secondary N) is 3. The van der Waals surface area contributed by atoms with Gasteiger partial charge in [0.05, 0.1) is 0 Å². The maximum atomic E-state index is 11.9. The van der Waals surface area contributed by atoms with Crippen molar-refractivity contribution in [2.45, 2.75) is 43.7 Å². The van der Waals surface area contributed by atoms with Gasteiger partial charge in [-0.3, -0.25) is 4.79 Å². The Morgan fingerprint density at radius 1 is 1.41 bits per heavy atom. The molecule has 22 heavy (non-hydrogen) atoms. The summed E-state index contributed by atoms with van der Waals surface area (Å²) in [5.41, 5.74) is 1.24. The molecule has 3 N–H and O–H groups in total. The van der Waals surface area contributed by atoms with Gasteiger partial charge in [-0.1, -0.05) is 17.7 Å². The quantitative estimate of drug-likeness (QED) is 0.727. The molecule has 6 heteroatoms. The molecule has 0 radical (unpaired) electrons. The Morgan fingerprint density at radius 3 is 2.82 bits per heavy atom. The third-order valence-corrected chi connectivity index (χ3v) is 4.76. The van der Waals surface area contributed by atoms with Gasteiger partial charge < -0.3 is 16.0 Å². The number of urea groups is 1. The monoisotopic (exact) mass is 321 g/mol. The molecular formula is C16H23N3O2S. The van der Waals surface area contributed by atoms with Crippen LogP contribution in [-0.2, 0) is 4.79 Å². The predicted molar refractivity (Wildman–Crippen MR) is 89.1 cm³/mol. The highest BCUT2D eigenvalue weighted by atomic mass is 32.2. The number of piperidine rings is 1.